The highest BCUT2D eigenvalue weighted by Crippen LogP contribution is 2.28. The van der Waals surface area contributed by atoms with Gasteiger partial charge in [0.15, 0.2) is 0 Å². The molecule has 0 aliphatic heterocycles. The summed E-state index contributed by atoms with van der Waals surface area (Å²) in [5.74, 6) is 0. The van der Waals surface area contributed by atoms with E-state index in [1.165, 1.54) is 6.07 Å². The van der Waals surface area contributed by atoms with Gasteiger partial charge in [-0.2, -0.15) is 0 Å². The minimum absolute atomic E-state index is 0.0413. The Hall–Kier alpha value is -1.66. The number of nitro benzene ring substituents is 1. The summed E-state index contributed by atoms with van der Waals surface area (Å²) in [6, 6.07) is 4.59. The van der Waals surface area contributed by atoms with Crippen LogP contribution in [-0.2, 0) is 12.0 Å². The van der Waals surface area contributed by atoms with E-state index in [2.05, 4.69) is 31.1 Å². The van der Waals surface area contributed by atoms with Crippen LogP contribution in [0, 0.1) is 10.1 Å². The highest BCUT2D eigenvalue weighted by atomic mass is 35.5. The van der Waals surface area contributed by atoms with Crippen LogP contribution in [0.15, 0.2) is 23.6 Å². The fraction of sp³-hybridized carbons (Fsp3) is 0.357. The van der Waals surface area contributed by atoms with Crippen molar-refractivity contribution in [3.8, 4) is 0 Å². The maximum atomic E-state index is 10.7. The molecule has 0 spiro atoms. The third-order valence-corrected chi connectivity index (χ3v) is 4.43. The van der Waals surface area contributed by atoms with E-state index in [0.717, 1.165) is 16.4 Å². The lowest BCUT2D eigenvalue weighted by atomic mass is 9.98. The molecule has 0 atom stereocenters. The standard InChI is InChI=1S/C14H16ClN3O2S/c1-14(2,3)13-17-10(8-21-13)7-16-9-4-5-12(18(19)20)11(15)6-9/h4-6,8,16H,7H2,1-3H3. The molecule has 1 N–H and O–H groups in total. The number of nitrogens with one attached hydrogen (secondary N) is 1. The number of halogens is 1. The number of nitrogens with zero attached hydrogens (tertiary/aromatic N) is 2. The van der Waals surface area contributed by atoms with Gasteiger partial charge in [-0.15, -0.1) is 11.3 Å². The first-order valence-corrected chi connectivity index (χ1v) is 7.66. The lowest BCUT2D eigenvalue weighted by molar-refractivity contribution is -0.384. The molecular weight excluding hydrogens is 310 g/mol. The fourth-order valence-electron chi connectivity index (χ4n) is 1.69. The van der Waals surface area contributed by atoms with Crippen molar-refractivity contribution in [1.29, 1.82) is 0 Å². The second-order valence-electron chi connectivity index (χ2n) is 5.67. The molecule has 2 aromatic rings. The Balaban J connectivity index is 2.05. The molecule has 0 unspecified atom stereocenters. The van der Waals surface area contributed by atoms with Crippen molar-refractivity contribution < 1.29 is 4.92 Å². The van der Waals surface area contributed by atoms with Crippen molar-refractivity contribution in [1.82, 2.24) is 4.98 Å². The van der Waals surface area contributed by atoms with Gasteiger partial charge in [0.1, 0.15) is 5.02 Å². The molecule has 5 nitrogen and oxygen atoms in total. The molecule has 1 heterocycles. The molecule has 0 amide bonds. The van der Waals surface area contributed by atoms with Crippen LogP contribution in [0.1, 0.15) is 31.5 Å². The highest BCUT2D eigenvalue weighted by Gasteiger charge is 2.18. The van der Waals surface area contributed by atoms with Crippen LogP contribution in [0.2, 0.25) is 5.02 Å². The topological polar surface area (TPSA) is 68.1 Å². The molecule has 2 rings (SSSR count). The van der Waals surface area contributed by atoms with E-state index in [0.29, 0.717) is 6.54 Å². The van der Waals surface area contributed by atoms with Crippen LogP contribution in [0.3, 0.4) is 0 Å². The molecule has 0 fully saturated rings. The number of nitro groups is 1. The molecule has 1 aromatic heterocycles. The first kappa shape index (κ1) is 15.7. The van der Waals surface area contributed by atoms with Crippen LogP contribution < -0.4 is 5.32 Å². The number of benzene rings is 1. The van der Waals surface area contributed by atoms with Crippen LogP contribution in [0.4, 0.5) is 11.4 Å². The minimum atomic E-state index is -0.498. The third kappa shape index (κ3) is 3.92. The van der Waals surface area contributed by atoms with Crippen LogP contribution in [-0.4, -0.2) is 9.91 Å². The molecular formula is C14H16ClN3O2S. The zero-order valence-electron chi connectivity index (χ0n) is 12.0. The average molecular weight is 326 g/mol. The van der Waals surface area contributed by atoms with Gasteiger partial charge in [0.05, 0.1) is 22.2 Å². The number of rotatable bonds is 4. The second kappa shape index (κ2) is 5.99. The van der Waals surface area contributed by atoms with Gasteiger partial charge in [0, 0.05) is 22.5 Å². The summed E-state index contributed by atoms with van der Waals surface area (Å²) in [7, 11) is 0. The van der Waals surface area contributed by atoms with Gasteiger partial charge in [-0.3, -0.25) is 10.1 Å². The van der Waals surface area contributed by atoms with E-state index in [1.54, 1.807) is 23.5 Å². The predicted octanol–water partition coefficient (Wildman–Crippen LogP) is 4.61. The molecule has 0 bridgehead atoms. The van der Waals surface area contributed by atoms with Gasteiger partial charge < -0.3 is 5.32 Å². The SMILES string of the molecule is CC(C)(C)c1nc(CNc2ccc([N+](=O)[O-])c(Cl)c2)cs1. The van der Waals surface area contributed by atoms with E-state index in [1.807, 2.05) is 5.38 Å². The Morgan fingerprint density at radius 3 is 2.67 bits per heavy atom. The van der Waals surface area contributed by atoms with Gasteiger partial charge >= 0.3 is 0 Å². The van der Waals surface area contributed by atoms with Crippen LogP contribution in [0.5, 0.6) is 0 Å². The molecule has 0 saturated heterocycles. The van der Waals surface area contributed by atoms with E-state index in [9.17, 15) is 10.1 Å². The summed E-state index contributed by atoms with van der Waals surface area (Å²) < 4.78 is 0. The highest BCUT2D eigenvalue weighted by molar-refractivity contribution is 7.09. The molecule has 0 saturated carbocycles. The smallest absolute Gasteiger partial charge is 0.288 e. The van der Waals surface area contributed by atoms with Crippen LogP contribution in [0.25, 0.3) is 0 Å². The van der Waals surface area contributed by atoms with Gasteiger partial charge in [-0.05, 0) is 12.1 Å². The van der Waals surface area contributed by atoms with Crippen molar-refractivity contribution in [2.24, 2.45) is 0 Å². The first-order valence-electron chi connectivity index (χ1n) is 6.40. The molecule has 1 aromatic carbocycles. The Labute approximate surface area is 132 Å². The van der Waals surface area contributed by atoms with Crippen molar-refractivity contribution >= 4 is 34.3 Å². The summed E-state index contributed by atoms with van der Waals surface area (Å²) in [6.45, 7) is 6.93. The van der Waals surface area contributed by atoms with E-state index < -0.39 is 4.92 Å². The average Bonchev–Trinajstić information content (AvgIpc) is 2.84. The van der Waals surface area contributed by atoms with Crippen LogP contribution >= 0.6 is 22.9 Å². The summed E-state index contributed by atoms with van der Waals surface area (Å²) in [5, 5.41) is 17.1. The predicted molar refractivity (Wildman–Crippen MR) is 86.2 cm³/mol. The molecule has 0 aliphatic rings. The van der Waals surface area contributed by atoms with Crippen molar-refractivity contribution in [3.05, 3.63) is 49.4 Å². The quantitative estimate of drug-likeness (QED) is 0.658. The number of hydrogen-bond acceptors (Lipinski definition) is 5. The lowest BCUT2D eigenvalue weighted by Gasteiger charge is -2.13. The number of hydrogen-bond donors (Lipinski definition) is 1. The second-order valence-corrected chi connectivity index (χ2v) is 6.94. The lowest BCUT2D eigenvalue weighted by Crippen LogP contribution is -2.11. The first-order chi connectivity index (χ1) is 9.77. The third-order valence-electron chi connectivity index (χ3n) is 2.81. The fourth-order valence-corrected chi connectivity index (χ4v) is 2.85. The van der Waals surface area contributed by atoms with Gasteiger partial charge in [-0.25, -0.2) is 4.98 Å². The number of anilines is 1. The summed E-state index contributed by atoms with van der Waals surface area (Å²) >= 11 is 7.51. The number of aromatic nitrogens is 1. The van der Waals surface area contributed by atoms with E-state index in [-0.39, 0.29) is 16.1 Å². The van der Waals surface area contributed by atoms with Gasteiger partial charge in [0.2, 0.25) is 0 Å². The van der Waals surface area contributed by atoms with Gasteiger partial charge in [0.25, 0.3) is 5.69 Å². The van der Waals surface area contributed by atoms with E-state index >= 15 is 0 Å². The normalized spacial score (nSPS) is 11.4. The van der Waals surface area contributed by atoms with Crippen molar-refractivity contribution in [2.75, 3.05) is 5.32 Å². The summed E-state index contributed by atoms with van der Waals surface area (Å²) in [6.07, 6.45) is 0. The Morgan fingerprint density at radius 2 is 2.14 bits per heavy atom. The zero-order valence-corrected chi connectivity index (χ0v) is 13.6. The maximum absolute atomic E-state index is 10.7. The molecule has 21 heavy (non-hydrogen) atoms. The largest absolute Gasteiger partial charge is 0.379 e. The molecule has 0 aliphatic carbocycles. The Morgan fingerprint density at radius 1 is 1.43 bits per heavy atom. The van der Waals surface area contributed by atoms with Crippen molar-refractivity contribution in [3.63, 3.8) is 0 Å². The molecule has 0 radical (unpaired) electrons. The zero-order chi connectivity index (χ0) is 15.6. The van der Waals surface area contributed by atoms with Gasteiger partial charge in [-0.1, -0.05) is 32.4 Å². The summed E-state index contributed by atoms with van der Waals surface area (Å²) in [5.41, 5.74) is 1.63. The Bertz CT molecular complexity index is 664. The molecule has 7 heteroatoms. The molecule has 112 valence electrons. The van der Waals surface area contributed by atoms with E-state index in [4.69, 9.17) is 11.6 Å². The number of thiazole rings is 1. The Kier molecular flexibility index (Phi) is 4.49. The monoisotopic (exact) mass is 325 g/mol. The van der Waals surface area contributed by atoms with Crippen molar-refractivity contribution in [2.45, 2.75) is 32.7 Å². The summed E-state index contributed by atoms with van der Waals surface area (Å²) in [4.78, 5) is 14.8. The minimum Gasteiger partial charge on any atom is -0.379 e. The maximum Gasteiger partial charge on any atom is 0.288 e.